The molecular weight excluding hydrogens is 565 g/mol. The number of hydrogen-bond acceptors (Lipinski definition) is 0. The highest BCUT2D eigenvalue weighted by Crippen LogP contribution is 2.58. The monoisotopic (exact) mass is 657 g/mol. The lowest BCUT2D eigenvalue weighted by molar-refractivity contribution is 0.0942. The Kier molecular flexibility index (Phi) is 24.6. The molecule has 2 aliphatic rings. The lowest BCUT2D eigenvalue weighted by atomic mass is 9.65. The third-order valence-corrected chi connectivity index (χ3v) is 13.5. The maximum absolute atomic E-state index is 2.68. The Hall–Kier alpha value is 0. The second kappa shape index (κ2) is 26.8. The fraction of sp³-hybridized carbons (Fsp3) is 1.00. The van der Waals surface area contributed by atoms with Crippen LogP contribution in [0.2, 0.25) is 0 Å². The van der Waals surface area contributed by atoms with Crippen LogP contribution >= 0.6 is 0 Å². The van der Waals surface area contributed by atoms with Crippen molar-refractivity contribution in [2.75, 3.05) is 0 Å². The molecule has 0 radical (unpaired) electrons. The summed E-state index contributed by atoms with van der Waals surface area (Å²) in [5.41, 5.74) is 0.520. The molecule has 2 rings (SSSR count). The van der Waals surface area contributed by atoms with Gasteiger partial charge >= 0.3 is 0 Å². The molecule has 47 heavy (non-hydrogen) atoms. The maximum atomic E-state index is 2.68. The molecule has 0 heteroatoms. The minimum absolute atomic E-state index is 0.520. The van der Waals surface area contributed by atoms with Gasteiger partial charge in [-0.2, -0.15) is 0 Å². The molecule has 0 aliphatic heterocycles. The number of hydrogen-bond donors (Lipinski definition) is 0. The van der Waals surface area contributed by atoms with Crippen LogP contribution in [-0.2, 0) is 0 Å². The van der Waals surface area contributed by atoms with Gasteiger partial charge in [0.1, 0.15) is 0 Å². The summed E-state index contributed by atoms with van der Waals surface area (Å²) in [5, 5.41) is 0. The first-order valence-corrected chi connectivity index (χ1v) is 22.8. The Balaban J connectivity index is 1.48. The van der Waals surface area contributed by atoms with Crippen LogP contribution in [0.3, 0.4) is 0 Å². The molecule has 0 aromatic carbocycles. The molecule has 280 valence electrons. The molecule has 2 saturated carbocycles. The van der Waals surface area contributed by atoms with Crippen molar-refractivity contribution < 1.29 is 0 Å². The van der Waals surface area contributed by atoms with Gasteiger partial charge in [0.15, 0.2) is 0 Å². The summed E-state index contributed by atoms with van der Waals surface area (Å²) in [5.74, 6) is 7.06. The first kappa shape index (κ1) is 43.2. The van der Waals surface area contributed by atoms with E-state index < -0.39 is 0 Å². The summed E-state index contributed by atoms with van der Waals surface area (Å²) in [6, 6.07) is 0. The molecule has 7 atom stereocenters. The van der Waals surface area contributed by atoms with Gasteiger partial charge in [0.05, 0.1) is 0 Å². The second-order valence-corrected chi connectivity index (χ2v) is 18.6. The third-order valence-electron chi connectivity index (χ3n) is 13.5. The van der Waals surface area contributed by atoms with Crippen LogP contribution in [0, 0.1) is 46.8 Å². The van der Waals surface area contributed by atoms with E-state index in [1.165, 1.54) is 193 Å². The van der Waals surface area contributed by atoms with E-state index >= 15 is 0 Å². The third kappa shape index (κ3) is 20.4. The standard InChI is InChI=1S/C47H92/c1-8-11-12-13-14-15-16-17-18-19-20-21-22-23-24-25-26-27-28-29-30-31-36-47(6,7)46(45-39-44(45)37-40(4)10-3)41(5)34-32-35-43-38-42(43)33-9-2/h40-46H,8-39H2,1-7H3. The van der Waals surface area contributed by atoms with E-state index in [1.54, 1.807) is 12.8 Å². The summed E-state index contributed by atoms with van der Waals surface area (Å²) in [6.07, 6.45) is 47.4. The van der Waals surface area contributed by atoms with Crippen LogP contribution in [0.1, 0.15) is 254 Å². The Bertz CT molecular complexity index is 690. The molecule has 0 saturated heterocycles. The molecule has 0 spiro atoms. The van der Waals surface area contributed by atoms with Crippen molar-refractivity contribution in [3.63, 3.8) is 0 Å². The van der Waals surface area contributed by atoms with Crippen molar-refractivity contribution in [2.24, 2.45) is 46.8 Å². The topological polar surface area (TPSA) is 0 Å². The minimum atomic E-state index is 0.520. The molecule has 2 fully saturated rings. The van der Waals surface area contributed by atoms with E-state index in [0.29, 0.717) is 5.41 Å². The van der Waals surface area contributed by atoms with Crippen LogP contribution in [0.15, 0.2) is 0 Å². The Labute approximate surface area is 300 Å². The molecule has 0 heterocycles. The quantitative estimate of drug-likeness (QED) is 0.0595. The normalized spacial score (nSPS) is 22.8. The molecule has 7 unspecified atom stereocenters. The average molecular weight is 657 g/mol. The number of rotatable bonds is 35. The summed E-state index contributed by atoms with van der Waals surface area (Å²) < 4.78 is 0. The fourth-order valence-electron chi connectivity index (χ4n) is 10.1. The lowest BCUT2D eigenvalue weighted by Gasteiger charge is -2.40. The zero-order chi connectivity index (χ0) is 34.2. The second-order valence-electron chi connectivity index (χ2n) is 18.6. The summed E-state index contributed by atoms with van der Waals surface area (Å²) in [6.45, 7) is 17.6. The smallest absolute Gasteiger partial charge is 0.0306 e. The molecule has 2 aliphatic carbocycles. The zero-order valence-electron chi connectivity index (χ0n) is 34.2. The molecule has 0 amide bonds. The van der Waals surface area contributed by atoms with E-state index in [1.807, 2.05) is 0 Å². The fourth-order valence-corrected chi connectivity index (χ4v) is 10.1. The van der Waals surface area contributed by atoms with Gasteiger partial charge in [0.25, 0.3) is 0 Å². The van der Waals surface area contributed by atoms with Gasteiger partial charge in [-0.15, -0.1) is 0 Å². The van der Waals surface area contributed by atoms with E-state index in [0.717, 1.165) is 41.4 Å². The van der Waals surface area contributed by atoms with Crippen LogP contribution in [0.4, 0.5) is 0 Å². The largest absolute Gasteiger partial charge is 0.0654 e. The first-order valence-electron chi connectivity index (χ1n) is 22.8. The van der Waals surface area contributed by atoms with Gasteiger partial charge in [-0.05, 0) is 72.5 Å². The van der Waals surface area contributed by atoms with E-state index in [-0.39, 0.29) is 0 Å². The van der Waals surface area contributed by atoms with Crippen molar-refractivity contribution in [1.29, 1.82) is 0 Å². The van der Waals surface area contributed by atoms with Crippen molar-refractivity contribution in [3.8, 4) is 0 Å². The van der Waals surface area contributed by atoms with Gasteiger partial charge in [0, 0.05) is 0 Å². The van der Waals surface area contributed by atoms with Gasteiger partial charge < -0.3 is 0 Å². The lowest BCUT2D eigenvalue weighted by Crippen LogP contribution is -2.32. The van der Waals surface area contributed by atoms with Crippen molar-refractivity contribution >= 4 is 0 Å². The van der Waals surface area contributed by atoms with Crippen LogP contribution in [0.5, 0.6) is 0 Å². The highest BCUT2D eigenvalue weighted by Gasteiger charge is 2.50. The van der Waals surface area contributed by atoms with Crippen LogP contribution < -0.4 is 0 Å². The number of unbranched alkanes of at least 4 members (excludes halogenated alkanes) is 21. The van der Waals surface area contributed by atoms with E-state index in [2.05, 4.69) is 48.5 Å². The van der Waals surface area contributed by atoms with Crippen LogP contribution in [-0.4, -0.2) is 0 Å². The van der Waals surface area contributed by atoms with Crippen molar-refractivity contribution in [1.82, 2.24) is 0 Å². The molecule has 0 bridgehead atoms. The van der Waals surface area contributed by atoms with E-state index in [9.17, 15) is 0 Å². The maximum Gasteiger partial charge on any atom is -0.0306 e. The van der Waals surface area contributed by atoms with Crippen molar-refractivity contribution in [3.05, 3.63) is 0 Å². The molecule has 0 N–H and O–H groups in total. The predicted molar refractivity (Wildman–Crippen MR) is 214 cm³/mol. The molecule has 0 aromatic rings. The van der Waals surface area contributed by atoms with Gasteiger partial charge in [-0.25, -0.2) is 0 Å². The Morgan fingerprint density at radius 3 is 1.38 bits per heavy atom. The Morgan fingerprint density at radius 1 is 0.489 bits per heavy atom. The average Bonchev–Trinajstić information content (AvgIpc) is 3.97. The molecular formula is C47H92. The van der Waals surface area contributed by atoms with Gasteiger partial charge in [-0.3, -0.25) is 0 Å². The Morgan fingerprint density at radius 2 is 0.936 bits per heavy atom. The molecule has 0 aromatic heterocycles. The van der Waals surface area contributed by atoms with Crippen LogP contribution in [0.25, 0.3) is 0 Å². The van der Waals surface area contributed by atoms with Gasteiger partial charge in [-0.1, -0.05) is 228 Å². The zero-order valence-corrected chi connectivity index (χ0v) is 34.2. The summed E-state index contributed by atoms with van der Waals surface area (Å²) in [4.78, 5) is 0. The highest BCUT2D eigenvalue weighted by atomic mass is 14.5. The summed E-state index contributed by atoms with van der Waals surface area (Å²) in [7, 11) is 0. The van der Waals surface area contributed by atoms with Gasteiger partial charge in [0.2, 0.25) is 0 Å². The van der Waals surface area contributed by atoms with E-state index in [4.69, 9.17) is 0 Å². The predicted octanol–water partition coefficient (Wildman–Crippen LogP) is 16.9. The molecule has 0 nitrogen and oxygen atoms in total. The minimum Gasteiger partial charge on any atom is -0.0654 e. The van der Waals surface area contributed by atoms with Crippen molar-refractivity contribution in [2.45, 2.75) is 254 Å². The highest BCUT2D eigenvalue weighted by molar-refractivity contribution is 4.99. The first-order chi connectivity index (χ1) is 22.8. The SMILES string of the molecule is CCCCCCCCCCCCCCCCCCCCCCCCC(C)(C)C(C(C)CCCC1CC1CCC)C1CC1CC(C)CC. The summed E-state index contributed by atoms with van der Waals surface area (Å²) >= 11 is 0.